The first kappa shape index (κ1) is 17.7. The number of rotatable bonds is 6. The average Bonchev–Trinajstić information content (AvgIpc) is 2.55. The fraction of sp³-hybridized carbons (Fsp3) is 0.0667. The molecular formula is C15H11Cl2N3O4. The summed E-state index contributed by atoms with van der Waals surface area (Å²) in [5.74, 6) is 0.0107. The molecule has 0 fully saturated rings. The molecule has 0 aliphatic carbocycles. The number of hydrogen-bond acceptors (Lipinski definition) is 5. The molecule has 124 valence electrons. The third kappa shape index (κ3) is 5.22. The molecule has 0 atom stereocenters. The van der Waals surface area contributed by atoms with Gasteiger partial charge in [-0.3, -0.25) is 14.9 Å². The van der Waals surface area contributed by atoms with E-state index in [0.29, 0.717) is 16.3 Å². The molecule has 0 aliphatic heterocycles. The largest absolute Gasteiger partial charge is 0.484 e. The second-order valence-corrected chi connectivity index (χ2v) is 5.35. The van der Waals surface area contributed by atoms with Crippen molar-refractivity contribution < 1.29 is 14.5 Å². The summed E-state index contributed by atoms with van der Waals surface area (Å²) in [4.78, 5) is 21.8. The maximum atomic E-state index is 11.6. The third-order valence-corrected chi connectivity index (χ3v) is 3.32. The van der Waals surface area contributed by atoms with Crippen molar-refractivity contribution in [1.82, 2.24) is 5.43 Å². The summed E-state index contributed by atoms with van der Waals surface area (Å²) < 4.78 is 5.24. The minimum atomic E-state index is -0.599. The number of nitro benzene ring substituents is 1. The SMILES string of the molecule is O=C(COc1ccc(Cl)cc1)N/N=C\c1ccc(Cl)c([N+](=O)[O-])c1. The van der Waals surface area contributed by atoms with Crippen molar-refractivity contribution in [2.24, 2.45) is 5.10 Å². The van der Waals surface area contributed by atoms with Crippen LogP contribution in [0.15, 0.2) is 47.6 Å². The number of hydrazone groups is 1. The molecule has 0 aliphatic rings. The molecule has 2 aromatic rings. The zero-order valence-corrected chi connectivity index (χ0v) is 13.6. The fourth-order valence-electron chi connectivity index (χ4n) is 1.64. The predicted octanol–water partition coefficient (Wildman–Crippen LogP) is 3.43. The van der Waals surface area contributed by atoms with Gasteiger partial charge in [0.05, 0.1) is 11.1 Å². The summed E-state index contributed by atoms with van der Waals surface area (Å²) >= 11 is 11.4. The standard InChI is InChI=1S/C15H11Cl2N3O4/c16-11-2-4-12(5-3-11)24-9-15(21)19-18-8-10-1-6-13(17)14(7-10)20(22)23/h1-8H,9H2,(H,19,21)/b18-8-. The minimum Gasteiger partial charge on any atom is -0.484 e. The average molecular weight is 368 g/mol. The number of benzene rings is 2. The molecule has 0 aromatic heterocycles. The summed E-state index contributed by atoms with van der Waals surface area (Å²) in [6, 6.07) is 10.7. The van der Waals surface area contributed by atoms with Crippen LogP contribution in [-0.4, -0.2) is 23.7 Å². The first-order valence-corrected chi connectivity index (χ1v) is 7.35. The Kier molecular flexibility index (Phi) is 6.11. The zero-order valence-electron chi connectivity index (χ0n) is 12.1. The van der Waals surface area contributed by atoms with Crippen molar-refractivity contribution in [3.05, 3.63) is 68.2 Å². The number of nitrogens with one attached hydrogen (secondary N) is 1. The highest BCUT2D eigenvalue weighted by Crippen LogP contribution is 2.24. The van der Waals surface area contributed by atoms with Crippen molar-refractivity contribution in [3.8, 4) is 5.75 Å². The minimum absolute atomic E-state index is 0.0255. The third-order valence-electron chi connectivity index (χ3n) is 2.75. The zero-order chi connectivity index (χ0) is 17.5. The van der Waals surface area contributed by atoms with Crippen LogP contribution in [0.2, 0.25) is 10.0 Å². The van der Waals surface area contributed by atoms with Gasteiger partial charge in [0.15, 0.2) is 6.61 Å². The summed E-state index contributed by atoms with van der Waals surface area (Å²) in [5, 5.41) is 15.1. The van der Waals surface area contributed by atoms with Crippen LogP contribution in [-0.2, 0) is 4.79 Å². The van der Waals surface area contributed by atoms with Crippen LogP contribution in [0.3, 0.4) is 0 Å². The van der Waals surface area contributed by atoms with Crippen LogP contribution in [0.5, 0.6) is 5.75 Å². The van der Waals surface area contributed by atoms with Crippen LogP contribution in [0.25, 0.3) is 0 Å². The van der Waals surface area contributed by atoms with Crippen LogP contribution in [0.1, 0.15) is 5.56 Å². The van der Waals surface area contributed by atoms with Crippen molar-refractivity contribution in [3.63, 3.8) is 0 Å². The molecule has 0 saturated heterocycles. The van der Waals surface area contributed by atoms with E-state index in [1.807, 2.05) is 0 Å². The molecule has 0 radical (unpaired) electrons. The molecule has 2 rings (SSSR count). The molecule has 1 N–H and O–H groups in total. The Morgan fingerprint density at radius 2 is 1.96 bits per heavy atom. The van der Waals surface area contributed by atoms with Crippen LogP contribution in [0.4, 0.5) is 5.69 Å². The van der Waals surface area contributed by atoms with Gasteiger partial charge >= 0.3 is 0 Å². The van der Waals surface area contributed by atoms with E-state index >= 15 is 0 Å². The van der Waals surface area contributed by atoms with Gasteiger partial charge in [-0.15, -0.1) is 0 Å². The fourth-order valence-corrected chi connectivity index (χ4v) is 1.95. The maximum absolute atomic E-state index is 11.6. The van der Waals surface area contributed by atoms with Gasteiger partial charge in [0.1, 0.15) is 10.8 Å². The number of carbonyl (C=O) groups excluding carboxylic acids is 1. The molecular weight excluding hydrogens is 357 g/mol. The summed E-state index contributed by atoms with van der Waals surface area (Å²) in [6.07, 6.45) is 1.27. The summed E-state index contributed by atoms with van der Waals surface area (Å²) in [6.45, 7) is -0.236. The van der Waals surface area contributed by atoms with Gasteiger partial charge in [-0.1, -0.05) is 29.3 Å². The van der Waals surface area contributed by atoms with Crippen LogP contribution in [0, 0.1) is 10.1 Å². The van der Waals surface area contributed by atoms with Gasteiger partial charge in [-0.25, -0.2) is 5.43 Å². The van der Waals surface area contributed by atoms with Gasteiger partial charge < -0.3 is 4.74 Å². The highest BCUT2D eigenvalue weighted by atomic mass is 35.5. The Bertz CT molecular complexity index is 779. The first-order chi connectivity index (χ1) is 11.5. The van der Waals surface area contributed by atoms with E-state index in [0.717, 1.165) is 0 Å². The molecule has 1 amide bonds. The van der Waals surface area contributed by atoms with E-state index in [9.17, 15) is 14.9 Å². The lowest BCUT2D eigenvalue weighted by molar-refractivity contribution is -0.384. The molecule has 2 aromatic carbocycles. The Labute approximate surface area is 147 Å². The smallest absolute Gasteiger partial charge is 0.288 e. The van der Waals surface area contributed by atoms with Crippen molar-refractivity contribution in [2.45, 2.75) is 0 Å². The van der Waals surface area contributed by atoms with Crippen molar-refractivity contribution in [2.75, 3.05) is 6.61 Å². The Morgan fingerprint density at radius 3 is 2.62 bits per heavy atom. The Balaban J connectivity index is 1.87. The molecule has 7 nitrogen and oxygen atoms in total. The van der Waals surface area contributed by atoms with Crippen molar-refractivity contribution >= 4 is 41.0 Å². The number of carbonyl (C=O) groups is 1. The highest BCUT2D eigenvalue weighted by Gasteiger charge is 2.11. The molecule has 0 heterocycles. The highest BCUT2D eigenvalue weighted by molar-refractivity contribution is 6.32. The van der Waals surface area contributed by atoms with Gasteiger partial charge in [-0.05, 0) is 30.3 Å². The number of nitro groups is 1. The quantitative estimate of drug-likeness (QED) is 0.480. The van der Waals surface area contributed by atoms with Crippen molar-refractivity contribution in [1.29, 1.82) is 0 Å². The lowest BCUT2D eigenvalue weighted by Gasteiger charge is -2.04. The van der Waals surface area contributed by atoms with Gasteiger partial charge in [0.25, 0.3) is 11.6 Å². The maximum Gasteiger partial charge on any atom is 0.288 e. The first-order valence-electron chi connectivity index (χ1n) is 6.60. The molecule has 0 spiro atoms. The van der Waals surface area contributed by atoms with E-state index in [2.05, 4.69) is 10.5 Å². The number of nitrogens with zero attached hydrogens (tertiary/aromatic N) is 2. The number of hydrogen-bond donors (Lipinski definition) is 1. The lowest BCUT2D eigenvalue weighted by Crippen LogP contribution is -2.24. The molecule has 0 saturated carbocycles. The Morgan fingerprint density at radius 1 is 1.25 bits per heavy atom. The molecule has 0 bridgehead atoms. The van der Waals surface area contributed by atoms with E-state index in [1.165, 1.54) is 24.4 Å². The number of amides is 1. The second-order valence-electron chi connectivity index (χ2n) is 4.50. The van der Waals surface area contributed by atoms with E-state index in [4.69, 9.17) is 27.9 Å². The summed E-state index contributed by atoms with van der Waals surface area (Å²) in [5.41, 5.74) is 2.44. The Hall–Kier alpha value is -2.64. The van der Waals surface area contributed by atoms with E-state index in [-0.39, 0.29) is 17.3 Å². The topological polar surface area (TPSA) is 93.8 Å². The van der Waals surface area contributed by atoms with Gasteiger partial charge in [0, 0.05) is 16.7 Å². The van der Waals surface area contributed by atoms with Crippen LogP contribution < -0.4 is 10.2 Å². The molecule has 24 heavy (non-hydrogen) atoms. The monoisotopic (exact) mass is 367 g/mol. The number of halogens is 2. The predicted molar refractivity (Wildman–Crippen MR) is 90.8 cm³/mol. The molecule has 0 unspecified atom stereocenters. The summed E-state index contributed by atoms with van der Waals surface area (Å²) in [7, 11) is 0. The van der Waals surface area contributed by atoms with Crippen LogP contribution >= 0.6 is 23.2 Å². The second kappa shape index (κ2) is 8.28. The van der Waals surface area contributed by atoms with Gasteiger partial charge in [-0.2, -0.15) is 5.10 Å². The van der Waals surface area contributed by atoms with E-state index in [1.54, 1.807) is 24.3 Å². The van der Waals surface area contributed by atoms with E-state index < -0.39 is 10.8 Å². The normalized spacial score (nSPS) is 10.6. The molecule has 9 heteroatoms. The number of ether oxygens (including phenoxy) is 1. The van der Waals surface area contributed by atoms with Gasteiger partial charge in [0.2, 0.25) is 0 Å². The lowest BCUT2D eigenvalue weighted by atomic mass is 10.2.